The van der Waals surface area contributed by atoms with Gasteiger partial charge in [-0.2, -0.15) is 0 Å². The topological polar surface area (TPSA) is 43.1 Å². The molecule has 1 unspecified atom stereocenters. The lowest BCUT2D eigenvalue weighted by Gasteiger charge is -2.06. The van der Waals surface area contributed by atoms with Crippen molar-refractivity contribution in [1.29, 1.82) is 0 Å². The Morgan fingerprint density at radius 1 is 1.35 bits per heavy atom. The zero-order chi connectivity index (χ0) is 12.5. The molecule has 92 valence electrons. The minimum atomic E-state index is -0.227. The Kier molecular flexibility index (Phi) is 6.00. The van der Waals surface area contributed by atoms with Crippen LogP contribution < -0.4 is 0 Å². The van der Waals surface area contributed by atoms with Crippen LogP contribution in [0.3, 0.4) is 0 Å². The fourth-order valence-electron chi connectivity index (χ4n) is 1.72. The first-order chi connectivity index (χ1) is 8.22. The lowest BCUT2D eigenvalue weighted by molar-refractivity contribution is -0.486. The Hall–Kier alpha value is -1.64. The third-order valence-electron chi connectivity index (χ3n) is 2.67. The molecular weight excluding hydrogens is 214 g/mol. The first-order valence-electron chi connectivity index (χ1n) is 6.07. The zero-order valence-corrected chi connectivity index (χ0v) is 10.2. The molecule has 0 aliphatic carbocycles. The first-order valence-corrected chi connectivity index (χ1v) is 6.07. The molecule has 0 heterocycles. The Morgan fingerprint density at radius 3 is 2.65 bits per heavy atom. The van der Waals surface area contributed by atoms with Gasteiger partial charge in [-0.05, 0) is 12.0 Å². The van der Waals surface area contributed by atoms with E-state index in [0.29, 0.717) is 0 Å². The van der Waals surface area contributed by atoms with Gasteiger partial charge < -0.3 is 0 Å². The second kappa shape index (κ2) is 7.60. The van der Waals surface area contributed by atoms with Crippen LogP contribution in [-0.4, -0.2) is 11.5 Å². The van der Waals surface area contributed by atoms with E-state index >= 15 is 0 Å². The number of unbranched alkanes of at least 4 members (excludes halogenated alkanes) is 1. The van der Waals surface area contributed by atoms with Gasteiger partial charge in [-0.1, -0.05) is 62.2 Å². The van der Waals surface area contributed by atoms with E-state index in [-0.39, 0.29) is 17.4 Å². The first kappa shape index (κ1) is 13.4. The van der Waals surface area contributed by atoms with Crippen LogP contribution in [-0.2, 0) is 0 Å². The number of nitro groups is 1. The maximum absolute atomic E-state index is 10.6. The van der Waals surface area contributed by atoms with E-state index in [1.165, 1.54) is 0 Å². The minimum absolute atomic E-state index is 0.0311. The largest absolute Gasteiger partial charge is 0.265 e. The third kappa shape index (κ3) is 5.85. The van der Waals surface area contributed by atoms with Crippen molar-refractivity contribution in [3.05, 3.63) is 52.1 Å². The fraction of sp³-hybridized carbons (Fsp3) is 0.429. The van der Waals surface area contributed by atoms with E-state index in [4.69, 9.17) is 0 Å². The van der Waals surface area contributed by atoms with Gasteiger partial charge in [0.05, 0.1) is 0 Å². The van der Waals surface area contributed by atoms with Crippen LogP contribution in [0, 0.1) is 16.0 Å². The summed E-state index contributed by atoms with van der Waals surface area (Å²) >= 11 is 0. The van der Waals surface area contributed by atoms with Gasteiger partial charge >= 0.3 is 0 Å². The molecule has 17 heavy (non-hydrogen) atoms. The van der Waals surface area contributed by atoms with Gasteiger partial charge in [0, 0.05) is 10.8 Å². The van der Waals surface area contributed by atoms with Gasteiger partial charge in [0.1, 0.15) is 0 Å². The van der Waals surface area contributed by atoms with Crippen molar-refractivity contribution in [3.8, 4) is 0 Å². The van der Waals surface area contributed by atoms with E-state index in [1.807, 2.05) is 42.5 Å². The van der Waals surface area contributed by atoms with Gasteiger partial charge in [0.25, 0.3) is 0 Å². The molecule has 0 aromatic heterocycles. The molecule has 1 aromatic carbocycles. The number of hydrogen-bond acceptors (Lipinski definition) is 2. The molecule has 0 saturated heterocycles. The molecule has 1 aromatic rings. The molecular formula is C14H19NO2. The lowest BCUT2D eigenvalue weighted by Crippen LogP contribution is -2.11. The van der Waals surface area contributed by atoms with Crippen LogP contribution in [0.1, 0.15) is 31.7 Å². The summed E-state index contributed by atoms with van der Waals surface area (Å²) in [5, 5.41) is 10.6. The Bertz CT molecular complexity index is 360. The van der Waals surface area contributed by atoms with Crippen LogP contribution in [0.2, 0.25) is 0 Å². The van der Waals surface area contributed by atoms with Crippen molar-refractivity contribution in [2.24, 2.45) is 5.92 Å². The van der Waals surface area contributed by atoms with Gasteiger partial charge in [0.15, 0.2) is 0 Å². The summed E-state index contributed by atoms with van der Waals surface area (Å²) in [6.07, 6.45) is 6.95. The molecule has 3 heteroatoms. The van der Waals surface area contributed by atoms with E-state index in [9.17, 15) is 10.1 Å². The van der Waals surface area contributed by atoms with Crippen molar-refractivity contribution in [3.63, 3.8) is 0 Å². The molecule has 0 saturated carbocycles. The standard InChI is InChI=1S/C14H19NO2/c1-2-3-7-14(12-15(16)17)11-10-13-8-5-4-6-9-13/h4-6,8-11,14H,2-3,7,12H2,1H3/b11-10+. The fourth-order valence-corrected chi connectivity index (χ4v) is 1.72. The highest BCUT2D eigenvalue weighted by molar-refractivity contribution is 5.48. The summed E-state index contributed by atoms with van der Waals surface area (Å²) in [6.45, 7) is 2.13. The number of hydrogen-bond donors (Lipinski definition) is 0. The highest BCUT2D eigenvalue weighted by atomic mass is 16.6. The van der Waals surface area contributed by atoms with Crippen LogP contribution in [0.25, 0.3) is 6.08 Å². The van der Waals surface area contributed by atoms with Gasteiger partial charge in [-0.15, -0.1) is 0 Å². The molecule has 0 N–H and O–H groups in total. The van der Waals surface area contributed by atoms with Crippen LogP contribution in [0.5, 0.6) is 0 Å². The summed E-state index contributed by atoms with van der Waals surface area (Å²) in [5.41, 5.74) is 1.09. The van der Waals surface area contributed by atoms with Crippen molar-refractivity contribution < 1.29 is 4.92 Å². The summed E-state index contributed by atoms with van der Waals surface area (Å²) in [4.78, 5) is 10.3. The number of nitrogens with zero attached hydrogens (tertiary/aromatic N) is 1. The van der Waals surface area contributed by atoms with E-state index in [0.717, 1.165) is 24.8 Å². The zero-order valence-electron chi connectivity index (χ0n) is 10.2. The molecule has 3 nitrogen and oxygen atoms in total. The number of benzene rings is 1. The SMILES string of the molecule is CCCCC(/C=C/c1ccccc1)C[N+](=O)[O-]. The lowest BCUT2D eigenvalue weighted by atomic mass is 10.0. The van der Waals surface area contributed by atoms with Crippen molar-refractivity contribution in [2.45, 2.75) is 26.2 Å². The number of rotatable bonds is 7. The Morgan fingerprint density at radius 2 is 2.06 bits per heavy atom. The van der Waals surface area contributed by atoms with Crippen molar-refractivity contribution in [1.82, 2.24) is 0 Å². The maximum Gasteiger partial charge on any atom is 0.210 e. The van der Waals surface area contributed by atoms with Crippen LogP contribution in [0.15, 0.2) is 36.4 Å². The van der Waals surface area contributed by atoms with Crippen LogP contribution in [0.4, 0.5) is 0 Å². The van der Waals surface area contributed by atoms with Crippen molar-refractivity contribution in [2.75, 3.05) is 6.54 Å². The predicted octanol–water partition coefficient (Wildman–Crippen LogP) is 3.78. The maximum atomic E-state index is 10.6. The van der Waals surface area contributed by atoms with Crippen LogP contribution >= 0.6 is 0 Å². The molecule has 0 radical (unpaired) electrons. The predicted molar refractivity (Wildman–Crippen MR) is 70.4 cm³/mol. The summed E-state index contributed by atoms with van der Waals surface area (Å²) < 4.78 is 0. The molecule has 1 atom stereocenters. The molecule has 0 fully saturated rings. The second-order valence-electron chi connectivity index (χ2n) is 4.19. The second-order valence-corrected chi connectivity index (χ2v) is 4.19. The molecule has 0 amide bonds. The van der Waals surface area contributed by atoms with Gasteiger partial charge in [-0.25, -0.2) is 0 Å². The molecule has 1 rings (SSSR count). The molecule has 0 aliphatic heterocycles. The Balaban J connectivity index is 2.58. The molecule has 0 aliphatic rings. The third-order valence-corrected chi connectivity index (χ3v) is 2.67. The monoisotopic (exact) mass is 233 g/mol. The molecule has 0 spiro atoms. The highest BCUT2D eigenvalue weighted by Gasteiger charge is 2.10. The quantitative estimate of drug-likeness (QED) is 0.531. The highest BCUT2D eigenvalue weighted by Crippen LogP contribution is 2.13. The normalized spacial score (nSPS) is 12.8. The summed E-state index contributed by atoms with van der Waals surface area (Å²) in [5.74, 6) is 0.0464. The Labute approximate surface area is 102 Å². The van der Waals surface area contributed by atoms with E-state index in [1.54, 1.807) is 0 Å². The average Bonchev–Trinajstić information content (AvgIpc) is 2.33. The van der Waals surface area contributed by atoms with Gasteiger partial charge in [0.2, 0.25) is 6.54 Å². The summed E-state index contributed by atoms with van der Waals surface area (Å²) in [6, 6.07) is 9.89. The average molecular weight is 233 g/mol. The smallest absolute Gasteiger partial charge is 0.210 e. The van der Waals surface area contributed by atoms with E-state index < -0.39 is 0 Å². The van der Waals surface area contributed by atoms with Crippen molar-refractivity contribution >= 4 is 6.08 Å². The van der Waals surface area contributed by atoms with E-state index in [2.05, 4.69) is 6.92 Å². The summed E-state index contributed by atoms with van der Waals surface area (Å²) in [7, 11) is 0. The van der Waals surface area contributed by atoms with Gasteiger partial charge in [-0.3, -0.25) is 10.1 Å². The molecule has 0 bridgehead atoms. The minimum Gasteiger partial charge on any atom is -0.265 e.